The standard InChI is InChI=1S/C18H20BrN3O4.C7H6O/c1-2-22(10-12-4-3-5-14(19)8-12)16-7-6-13(9-20-16)17(24)21-15(11-23)18(25)26;1-2-4-7-6(3-1)5-8-7/h3-9,15,23H,2,10-11H2,1H3,(H,21,24)(H,25,26);1-4H,5H2. The van der Waals surface area contributed by atoms with Crippen molar-refractivity contribution in [2.24, 2.45) is 0 Å². The molecule has 1 atom stereocenters. The maximum atomic E-state index is 12.1. The number of aliphatic hydroxyl groups is 1. The van der Waals surface area contributed by atoms with Gasteiger partial charge in [0.1, 0.15) is 18.2 Å². The van der Waals surface area contributed by atoms with Crippen molar-refractivity contribution in [3.63, 3.8) is 0 Å². The van der Waals surface area contributed by atoms with Gasteiger partial charge in [-0.15, -0.1) is 0 Å². The van der Waals surface area contributed by atoms with E-state index in [4.69, 9.17) is 14.9 Å². The summed E-state index contributed by atoms with van der Waals surface area (Å²) in [6, 6.07) is 18.0. The van der Waals surface area contributed by atoms with Crippen molar-refractivity contribution in [3.05, 3.63) is 88.0 Å². The molecule has 9 heteroatoms. The fourth-order valence-corrected chi connectivity index (χ4v) is 3.63. The number of fused-ring (bicyclic) bond motifs is 1. The van der Waals surface area contributed by atoms with Crippen molar-refractivity contribution < 1.29 is 24.5 Å². The molecule has 0 spiro atoms. The van der Waals surface area contributed by atoms with Gasteiger partial charge in [0.15, 0.2) is 6.04 Å². The molecule has 1 aliphatic heterocycles. The summed E-state index contributed by atoms with van der Waals surface area (Å²) >= 11 is 3.45. The van der Waals surface area contributed by atoms with E-state index in [0.717, 1.165) is 28.9 Å². The summed E-state index contributed by atoms with van der Waals surface area (Å²) in [7, 11) is 0. The Morgan fingerprint density at radius 1 is 1.18 bits per heavy atom. The zero-order valence-electron chi connectivity index (χ0n) is 18.6. The highest BCUT2D eigenvalue weighted by molar-refractivity contribution is 9.10. The Bertz CT molecular complexity index is 1100. The van der Waals surface area contributed by atoms with Crippen molar-refractivity contribution in [1.29, 1.82) is 0 Å². The van der Waals surface area contributed by atoms with Crippen LogP contribution in [0.1, 0.15) is 28.4 Å². The molecule has 1 amide bonds. The number of nitrogens with one attached hydrogen (secondary N) is 1. The molecule has 178 valence electrons. The normalized spacial score (nSPS) is 12.1. The number of nitrogens with zero attached hydrogens (tertiary/aromatic N) is 2. The van der Waals surface area contributed by atoms with Crippen LogP contribution in [0.4, 0.5) is 5.82 Å². The highest BCUT2D eigenvalue weighted by atomic mass is 79.9. The highest BCUT2D eigenvalue weighted by Crippen LogP contribution is 2.27. The summed E-state index contributed by atoms with van der Waals surface area (Å²) in [6.45, 7) is 3.54. The molecular weight excluding hydrogens is 502 g/mol. The van der Waals surface area contributed by atoms with Crippen molar-refractivity contribution >= 4 is 33.6 Å². The van der Waals surface area contributed by atoms with E-state index in [1.807, 2.05) is 49.4 Å². The van der Waals surface area contributed by atoms with Gasteiger partial charge in [-0.3, -0.25) is 4.79 Å². The first-order chi connectivity index (χ1) is 16.4. The molecule has 3 N–H and O–H groups in total. The number of anilines is 1. The Morgan fingerprint density at radius 2 is 1.97 bits per heavy atom. The van der Waals surface area contributed by atoms with Gasteiger partial charge in [0, 0.05) is 29.3 Å². The van der Waals surface area contributed by atoms with Crippen molar-refractivity contribution in [1.82, 2.24) is 10.3 Å². The van der Waals surface area contributed by atoms with Gasteiger partial charge in [-0.1, -0.05) is 46.3 Å². The summed E-state index contributed by atoms with van der Waals surface area (Å²) in [5, 5.41) is 20.1. The Balaban J connectivity index is 0.000000335. The minimum atomic E-state index is -1.34. The summed E-state index contributed by atoms with van der Waals surface area (Å²) in [5.41, 5.74) is 2.68. The van der Waals surface area contributed by atoms with Crippen LogP contribution in [0.3, 0.4) is 0 Å². The summed E-state index contributed by atoms with van der Waals surface area (Å²) < 4.78 is 6.08. The van der Waals surface area contributed by atoms with Crippen LogP contribution >= 0.6 is 15.9 Å². The predicted molar refractivity (Wildman–Crippen MR) is 132 cm³/mol. The lowest BCUT2D eigenvalue weighted by Crippen LogP contribution is -2.43. The molecule has 0 saturated heterocycles. The second-order valence-electron chi connectivity index (χ2n) is 7.49. The molecular formula is C25H26BrN3O5. The smallest absolute Gasteiger partial charge is 0.328 e. The SMILES string of the molecule is CCN(Cc1cccc(Br)c1)c1ccc(C(=O)NC(CO)C(=O)O)cn1.c1ccc2c(c1)CO2. The largest absolute Gasteiger partial charge is 0.488 e. The van der Waals surface area contributed by atoms with E-state index in [1.54, 1.807) is 12.1 Å². The van der Waals surface area contributed by atoms with Gasteiger partial charge in [-0.2, -0.15) is 0 Å². The molecule has 0 fully saturated rings. The fourth-order valence-electron chi connectivity index (χ4n) is 3.18. The van der Waals surface area contributed by atoms with Crippen molar-refractivity contribution in [2.75, 3.05) is 18.1 Å². The number of carbonyl (C=O) groups excluding carboxylic acids is 1. The quantitative estimate of drug-likeness (QED) is 0.410. The molecule has 0 radical (unpaired) electrons. The number of aliphatic carboxylic acids is 1. The van der Waals surface area contributed by atoms with Gasteiger partial charge in [0.05, 0.1) is 12.2 Å². The van der Waals surface area contributed by atoms with Gasteiger partial charge >= 0.3 is 5.97 Å². The Morgan fingerprint density at radius 3 is 2.47 bits per heavy atom. The predicted octanol–water partition coefficient (Wildman–Crippen LogP) is 3.62. The van der Waals surface area contributed by atoms with E-state index in [2.05, 4.69) is 37.2 Å². The number of aliphatic hydroxyl groups excluding tert-OH is 1. The number of ether oxygens (including phenoxy) is 1. The number of carboxylic acid groups (broad SMARTS) is 1. The molecule has 1 unspecified atom stereocenters. The summed E-state index contributed by atoms with van der Waals surface area (Å²) in [5.74, 6) is -0.134. The van der Waals surface area contributed by atoms with E-state index in [1.165, 1.54) is 11.8 Å². The number of halogens is 1. The zero-order valence-corrected chi connectivity index (χ0v) is 20.2. The molecule has 0 aliphatic carbocycles. The van der Waals surface area contributed by atoms with Gasteiger partial charge in [0.25, 0.3) is 5.91 Å². The summed E-state index contributed by atoms with van der Waals surface area (Å²) in [4.78, 5) is 29.3. The molecule has 2 aromatic carbocycles. The van der Waals surface area contributed by atoms with Gasteiger partial charge in [-0.05, 0) is 42.8 Å². The molecule has 1 aliphatic rings. The monoisotopic (exact) mass is 527 g/mol. The number of carboxylic acids is 1. The van der Waals surface area contributed by atoms with Crippen LogP contribution in [-0.4, -0.2) is 46.3 Å². The fraction of sp³-hybridized carbons (Fsp3) is 0.240. The minimum absolute atomic E-state index is 0.229. The minimum Gasteiger partial charge on any atom is -0.488 e. The van der Waals surface area contributed by atoms with Gasteiger partial charge in [0.2, 0.25) is 0 Å². The number of hydrogen-bond donors (Lipinski definition) is 3. The Labute approximate surface area is 206 Å². The number of amides is 1. The number of benzene rings is 2. The Kier molecular flexibility index (Phi) is 9.00. The lowest BCUT2D eigenvalue weighted by atomic mass is 10.1. The number of para-hydroxylation sites is 1. The number of carbonyl (C=O) groups is 2. The lowest BCUT2D eigenvalue weighted by molar-refractivity contribution is -0.140. The lowest BCUT2D eigenvalue weighted by Gasteiger charge is -2.22. The number of rotatable bonds is 8. The molecule has 3 aromatic rings. The first-order valence-electron chi connectivity index (χ1n) is 10.7. The summed E-state index contributed by atoms with van der Waals surface area (Å²) in [6.07, 6.45) is 1.39. The third-order valence-electron chi connectivity index (χ3n) is 5.12. The molecule has 1 aromatic heterocycles. The average molecular weight is 528 g/mol. The van der Waals surface area contributed by atoms with Crippen LogP contribution in [-0.2, 0) is 17.9 Å². The molecule has 0 saturated carbocycles. The zero-order chi connectivity index (χ0) is 24.5. The van der Waals surface area contributed by atoms with Gasteiger partial charge < -0.3 is 25.2 Å². The van der Waals surface area contributed by atoms with E-state index >= 15 is 0 Å². The van der Waals surface area contributed by atoms with Crippen molar-refractivity contribution in [2.45, 2.75) is 26.1 Å². The van der Waals surface area contributed by atoms with Crippen LogP contribution in [0.2, 0.25) is 0 Å². The number of aromatic nitrogens is 1. The van der Waals surface area contributed by atoms with E-state index < -0.39 is 24.5 Å². The highest BCUT2D eigenvalue weighted by Gasteiger charge is 2.20. The molecule has 0 bridgehead atoms. The van der Waals surface area contributed by atoms with E-state index in [9.17, 15) is 9.59 Å². The van der Waals surface area contributed by atoms with Crippen LogP contribution in [0.5, 0.6) is 5.75 Å². The first kappa shape index (κ1) is 25.2. The molecule has 8 nitrogen and oxygen atoms in total. The average Bonchev–Trinajstić information content (AvgIpc) is 2.82. The second kappa shape index (κ2) is 12.2. The second-order valence-corrected chi connectivity index (χ2v) is 8.41. The van der Waals surface area contributed by atoms with Crippen LogP contribution in [0, 0.1) is 0 Å². The maximum Gasteiger partial charge on any atom is 0.328 e. The van der Waals surface area contributed by atoms with Crippen molar-refractivity contribution in [3.8, 4) is 5.75 Å². The number of hydrogen-bond acceptors (Lipinski definition) is 6. The topological polar surface area (TPSA) is 112 Å². The molecule has 2 heterocycles. The first-order valence-corrected chi connectivity index (χ1v) is 11.5. The number of pyridine rings is 1. The molecule has 34 heavy (non-hydrogen) atoms. The molecule has 4 rings (SSSR count). The maximum absolute atomic E-state index is 12.1. The van der Waals surface area contributed by atoms with Gasteiger partial charge in [-0.25, -0.2) is 9.78 Å². The Hall–Kier alpha value is -3.43. The third kappa shape index (κ3) is 6.79. The van der Waals surface area contributed by atoms with E-state index in [0.29, 0.717) is 12.4 Å². The van der Waals surface area contributed by atoms with Crippen LogP contribution in [0.15, 0.2) is 71.3 Å². The third-order valence-corrected chi connectivity index (χ3v) is 5.61. The van der Waals surface area contributed by atoms with Crippen LogP contribution < -0.4 is 15.0 Å². The van der Waals surface area contributed by atoms with E-state index in [-0.39, 0.29) is 5.56 Å². The van der Waals surface area contributed by atoms with Crippen LogP contribution in [0.25, 0.3) is 0 Å².